The summed E-state index contributed by atoms with van der Waals surface area (Å²) in [6, 6.07) is 12.6. The van der Waals surface area contributed by atoms with Crippen LogP contribution in [0, 0.1) is 5.82 Å². The number of fused-ring (bicyclic) bond motifs is 1. The Morgan fingerprint density at radius 3 is 2.62 bits per heavy atom. The molecule has 1 heterocycles. The lowest BCUT2D eigenvalue weighted by Gasteiger charge is -2.27. The van der Waals surface area contributed by atoms with Gasteiger partial charge >= 0.3 is 0 Å². The van der Waals surface area contributed by atoms with Gasteiger partial charge in [-0.25, -0.2) is 4.39 Å². The van der Waals surface area contributed by atoms with Gasteiger partial charge in [-0.05, 0) is 36.2 Å². The van der Waals surface area contributed by atoms with Gasteiger partial charge in [0, 0.05) is 0 Å². The molecule has 5 nitrogen and oxygen atoms in total. The van der Waals surface area contributed by atoms with Gasteiger partial charge in [0.05, 0.1) is 12.6 Å². The van der Waals surface area contributed by atoms with Crippen LogP contribution in [-0.4, -0.2) is 36.4 Å². The third kappa shape index (κ3) is 3.83. The normalized spacial score (nSPS) is 17.2. The molecule has 0 bridgehead atoms. The van der Waals surface area contributed by atoms with Crippen LogP contribution in [0.3, 0.4) is 0 Å². The Morgan fingerprint density at radius 2 is 1.92 bits per heavy atom. The predicted octanol–water partition coefficient (Wildman–Crippen LogP) is 1.69. The summed E-state index contributed by atoms with van der Waals surface area (Å²) >= 11 is 0. The molecule has 0 aromatic heterocycles. The van der Waals surface area contributed by atoms with E-state index < -0.39 is 12.1 Å². The summed E-state index contributed by atoms with van der Waals surface area (Å²) in [5, 5.41) is 12.2. The molecule has 0 aliphatic carbocycles. The molecule has 0 fully saturated rings. The van der Waals surface area contributed by atoms with Gasteiger partial charge in [0.1, 0.15) is 12.4 Å². The Hall–Kier alpha value is -2.60. The topological polar surface area (TPSA) is 67.8 Å². The van der Waals surface area contributed by atoms with Gasteiger partial charge in [0.2, 0.25) is 6.10 Å². The average Bonchev–Trinajstić information content (AvgIpc) is 2.62. The van der Waals surface area contributed by atoms with Crippen molar-refractivity contribution >= 4 is 5.91 Å². The number of amides is 1. The van der Waals surface area contributed by atoms with Gasteiger partial charge in [0.25, 0.3) is 5.91 Å². The summed E-state index contributed by atoms with van der Waals surface area (Å²) in [5.41, 5.74) is 0.821. The Bertz CT molecular complexity index is 704. The highest BCUT2D eigenvalue weighted by atomic mass is 19.1. The molecule has 6 heteroatoms. The van der Waals surface area contributed by atoms with Crippen molar-refractivity contribution in [1.82, 2.24) is 5.32 Å². The molecule has 2 aromatic carbocycles. The van der Waals surface area contributed by atoms with Crippen LogP contribution in [0.15, 0.2) is 48.5 Å². The number of aliphatic hydroxyl groups is 1. The zero-order valence-corrected chi connectivity index (χ0v) is 12.9. The summed E-state index contributed by atoms with van der Waals surface area (Å²) < 4.78 is 24.1. The summed E-state index contributed by atoms with van der Waals surface area (Å²) in [7, 11) is 0. The maximum Gasteiger partial charge on any atom is 0.265 e. The number of carbonyl (C=O) groups excluding carboxylic acids is 1. The largest absolute Gasteiger partial charge is 0.485 e. The zero-order chi connectivity index (χ0) is 16.9. The molecule has 0 spiro atoms. The van der Waals surface area contributed by atoms with E-state index in [1.807, 2.05) is 6.07 Å². The van der Waals surface area contributed by atoms with Crippen molar-refractivity contribution < 1.29 is 23.8 Å². The van der Waals surface area contributed by atoms with Crippen LogP contribution in [0.25, 0.3) is 0 Å². The fourth-order valence-electron chi connectivity index (χ4n) is 2.51. The second-order valence-electron chi connectivity index (χ2n) is 5.58. The number of halogens is 1. The molecular formula is C18H18FNO4. The van der Waals surface area contributed by atoms with Gasteiger partial charge in [0.15, 0.2) is 11.5 Å². The van der Waals surface area contributed by atoms with Crippen molar-refractivity contribution in [3.05, 3.63) is 59.9 Å². The molecule has 0 saturated heterocycles. The number of hydrogen-bond donors (Lipinski definition) is 2. The molecule has 0 radical (unpaired) electrons. The minimum atomic E-state index is -0.776. The van der Waals surface area contributed by atoms with Gasteiger partial charge in [-0.2, -0.15) is 0 Å². The van der Waals surface area contributed by atoms with Crippen LogP contribution in [0.5, 0.6) is 11.5 Å². The quantitative estimate of drug-likeness (QED) is 0.875. The molecule has 1 aliphatic heterocycles. The number of rotatable bonds is 5. The third-order valence-corrected chi connectivity index (χ3v) is 3.76. The predicted molar refractivity (Wildman–Crippen MR) is 85.5 cm³/mol. The molecule has 3 rings (SSSR count). The van der Waals surface area contributed by atoms with Crippen molar-refractivity contribution in [3.8, 4) is 11.5 Å². The van der Waals surface area contributed by atoms with Gasteiger partial charge in [-0.15, -0.1) is 0 Å². The van der Waals surface area contributed by atoms with E-state index >= 15 is 0 Å². The van der Waals surface area contributed by atoms with E-state index in [2.05, 4.69) is 5.32 Å². The molecule has 24 heavy (non-hydrogen) atoms. The minimum absolute atomic E-state index is 0.109. The standard InChI is InChI=1S/C18H18FNO4/c19-13-7-5-12(6-8-13)9-14(10-21)20-18(22)17-11-23-15-3-1-2-4-16(15)24-17/h1-8,14,17,21H,9-11H2,(H,20,22). The zero-order valence-electron chi connectivity index (χ0n) is 12.9. The lowest BCUT2D eigenvalue weighted by Crippen LogP contribution is -2.49. The maximum atomic E-state index is 12.9. The van der Waals surface area contributed by atoms with E-state index in [4.69, 9.17) is 9.47 Å². The van der Waals surface area contributed by atoms with Crippen LogP contribution < -0.4 is 14.8 Å². The number of hydrogen-bond acceptors (Lipinski definition) is 4. The molecule has 0 saturated carbocycles. The number of benzene rings is 2. The van der Waals surface area contributed by atoms with Crippen molar-refractivity contribution in [1.29, 1.82) is 0 Å². The highest BCUT2D eigenvalue weighted by Crippen LogP contribution is 2.30. The lowest BCUT2D eigenvalue weighted by atomic mass is 10.1. The lowest BCUT2D eigenvalue weighted by molar-refractivity contribution is -0.131. The third-order valence-electron chi connectivity index (χ3n) is 3.76. The van der Waals surface area contributed by atoms with E-state index in [0.29, 0.717) is 17.9 Å². The molecule has 126 valence electrons. The summed E-state index contributed by atoms with van der Waals surface area (Å²) in [6.07, 6.45) is -0.380. The highest BCUT2D eigenvalue weighted by Gasteiger charge is 2.28. The van der Waals surface area contributed by atoms with Crippen LogP contribution in [0.4, 0.5) is 4.39 Å². The first-order valence-corrected chi connectivity index (χ1v) is 7.70. The van der Waals surface area contributed by atoms with E-state index in [0.717, 1.165) is 5.56 Å². The fourth-order valence-corrected chi connectivity index (χ4v) is 2.51. The molecule has 1 aliphatic rings. The van der Waals surface area contributed by atoms with Gasteiger partial charge in [-0.1, -0.05) is 24.3 Å². The van der Waals surface area contributed by atoms with Gasteiger partial charge < -0.3 is 19.9 Å². The molecule has 1 amide bonds. The van der Waals surface area contributed by atoms with Crippen molar-refractivity contribution in [3.63, 3.8) is 0 Å². The Morgan fingerprint density at radius 1 is 1.21 bits per heavy atom. The molecular weight excluding hydrogens is 313 g/mol. The Labute approximate surface area is 139 Å². The molecule has 2 atom stereocenters. The first-order valence-electron chi connectivity index (χ1n) is 7.70. The average molecular weight is 331 g/mol. The first-order chi connectivity index (χ1) is 11.7. The van der Waals surface area contributed by atoms with E-state index in [-0.39, 0.29) is 24.9 Å². The van der Waals surface area contributed by atoms with E-state index in [1.165, 1.54) is 12.1 Å². The monoisotopic (exact) mass is 331 g/mol. The summed E-state index contributed by atoms with van der Waals surface area (Å²) in [5.74, 6) is 0.440. The van der Waals surface area contributed by atoms with Crippen LogP contribution in [-0.2, 0) is 11.2 Å². The Kier molecular flexibility index (Phi) is 4.96. The highest BCUT2D eigenvalue weighted by molar-refractivity contribution is 5.82. The first kappa shape index (κ1) is 16.3. The number of nitrogens with one attached hydrogen (secondary N) is 1. The number of ether oxygens (including phenoxy) is 2. The second-order valence-corrected chi connectivity index (χ2v) is 5.58. The summed E-state index contributed by atoms with van der Waals surface area (Å²) in [6.45, 7) is -0.120. The fraction of sp³-hybridized carbons (Fsp3) is 0.278. The molecule has 2 unspecified atom stereocenters. The number of para-hydroxylation sites is 2. The summed E-state index contributed by atoms with van der Waals surface area (Å²) in [4.78, 5) is 12.3. The van der Waals surface area contributed by atoms with Gasteiger partial charge in [-0.3, -0.25) is 4.79 Å². The van der Waals surface area contributed by atoms with E-state index in [1.54, 1.807) is 30.3 Å². The Balaban J connectivity index is 1.60. The SMILES string of the molecule is O=C(NC(CO)Cc1ccc(F)cc1)C1COc2ccccc2O1. The minimum Gasteiger partial charge on any atom is -0.485 e. The van der Waals surface area contributed by atoms with Crippen LogP contribution in [0.1, 0.15) is 5.56 Å². The molecule has 2 N–H and O–H groups in total. The van der Waals surface area contributed by atoms with Crippen molar-refractivity contribution in [2.24, 2.45) is 0 Å². The van der Waals surface area contributed by atoms with Crippen molar-refractivity contribution in [2.75, 3.05) is 13.2 Å². The molecule has 2 aromatic rings. The second kappa shape index (κ2) is 7.31. The van der Waals surface area contributed by atoms with Crippen LogP contribution >= 0.6 is 0 Å². The van der Waals surface area contributed by atoms with Crippen molar-refractivity contribution in [2.45, 2.75) is 18.6 Å². The van der Waals surface area contributed by atoms with E-state index in [9.17, 15) is 14.3 Å². The number of aliphatic hydroxyl groups excluding tert-OH is 1. The van der Waals surface area contributed by atoms with Crippen LogP contribution in [0.2, 0.25) is 0 Å². The number of carbonyl (C=O) groups is 1. The smallest absolute Gasteiger partial charge is 0.265 e. The maximum absolute atomic E-state index is 12.9.